The highest BCUT2D eigenvalue weighted by atomic mass is 35.5. The van der Waals surface area contributed by atoms with E-state index in [4.69, 9.17) is 17.3 Å². The number of halogens is 1. The van der Waals surface area contributed by atoms with Gasteiger partial charge in [0.2, 0.25) is 0 Å². The molecule has 0 atom stereocenters. The molecule has 2 aromatic rings. The lowest BCUT2D eigenvalue weighted by Gasteiger charge is -2.12. The molecule has 0 radical (unpaired) electrons. The number of hydrogen-bond donors (Lipinski definition) is 3. The molecule has 0 spiro atoms. The van der Waals surface area contributed by atoms with Crippen molar-refractivity contribution in [2.45, 2.75) is 6.92 Å². The summed E-state index contributed by atoms with van der Waals surface area (Å²) in [4.78, 5) is 11.6. The van der Waals surface area contributed by atoms with E-state index in [0.717, 1.165) is 11.3 Å². The summed E-state index contributed by atoms with van der Waals surface area (Å²) >= 11 is 6.18. The van der Waals surface area contributed by atoms with Crippen molar-refractivity contribution in [3.8, 4) is 0 Å². The van der Waals surface area contributed by atoms with E-state index >= 15 is 0 Å². The van der Waals surface area contributed by atoms with Gasteiger partial charge in [0.1, 0.15) is 0 Å². The second kappa shape index (κ2) is 5.84. The van der Waals surface area contributed by atoms with Crippen LogP contribution in [0.4, 0.5) is 17.1 Å². The molecule has 0 saturated heterocycles. The van der Waals surface area contributed by atoms with E-state index in [1.165, 1.54) is 0 Å². The van der Waals surface area contributed by atoms with E-state index in [9.17, 15) is 4.79 Å². The summed E-state index contributed by atoms with van der Waals surface area (Å²) in [5.41, 5.74) is 9.48. The average Bonchev–Trinajstić information content (AvgIpc) is 2.43. The first-order valence-electron chi connectivity index (χ1n) is 6.16. The molecule has 0 aliphatic heterocycles. The van der Waals surface area contributed by atoms with Crippen LogP contribution in [-0.4, -0.2) is 13.0 Å². The highest BCUT2D eigenvalue weighted by Gasteiger charge is 2.08. The molecule has 20 heavy (non-hydrogen) atoms. The van der Waals surface area contributed by atoms with Crippen molar-refractivity contribution < 1.29 is 4.79 Å². The van der Waals surface area contributed by atoms with E-state index in [0.29, 0.717) is 22.0 Å². The molecule has 2 aromatic carbocycles. The predicted octanol–water partition coefficient (Wildman–Crippen LogP) is 3.33. The zero-order valence-corrected chi connectivity index (χ0v) is 12.1. The minimum absolute atomic E-state index is 0.164. The van der Waals surface area contributed by atoms with Crippen molar-refractivity contribution in [3.05, 3.63) is 52.5 Å². The molecule has 0 aliphatic rings. The summed E-state index contributed by atoms with van der Waals surface area (Å²) < 4.78 is 0. The van der Waals surface area contributed by atoms with Gasteiger partial charge < -0.3 is 16.4 Å². The lowest BCUT2D eigenvalue weighted by molar-refractivity contribution is 0.0963. The van der Waals surface area contributed by atoms with Gasteiger partial charge in [-0.3, -0.25) is 4.79 Å². The van der Waals surface area contributed by atoms with Crippen molar-refractivity contribution >= 4 is 34.6 Å². The minimum atomic E-state index is -0.164. The normalized spacial score (nSPS) is 10.2. The van der Waals surface area contributed by atoms with Gasteiger partial charge >= 0.3 is 0 Å². The van der Waals surface area contributed by atoms with Crippen molar-refractivity contribution in [2.24, 2.45) is 0 Å². The zero-order chi connectivity index (χ0) is 14.7. The first-order chi connectivity index (χ1) is 9.51. The number of hydrogen-bond acceptors (Lipinski definition) is 3. The van der Waals surface area contributed by atoms with Crippen LogP contribution in [0.5, 0.6) is 0 Å². The fourth-order valence-electron chi connectivity index (χ4n) is 1.82. The fraction of sp³-hybridized carbons (Fsp3) is 0.133. The maximum atomic E-state index is 11.6. The van der Waals surface area contributed by atoms with Crippen LogP contribution in [0.15, 0.2) is 36.4 Å². The largest absolute Gasteiger partial charge is 0.397 e. The molecule has 1 amide bonds. The standard InChI is InChI=1S/C15H16ClN3O/c1-9-3-6-13(11(16)7-9)19-14-8-10(15(20)18-2)4-5-12(14)17/h3-8,19H,17H2,1-2H3,(H,18,20). The van der Waals surface area contributed by atoms with Gasteiger partial charge in [-0.2, -0.15) is 0 Å². The van der Waals surface area contributed by atoms with E-state index in [1.54, 1.807) is 25.2 Å². The van der Waals surface area contributed by atoms with Crippen LogP contribution in [0, 0.1) is 6.92 Å². The Morgan fingerprint density at radius 1 is 1.15 bits per heavy atom. The van der Waals surface area contributed by atoms with Gasteiger partial charge in [-0.1, -0.05) is 17.7 Å². The van der Waals surface area contributed by atoms with Gasteiger partial charge in [-0.15, -0.1) is 0 Å². The van der Waals surface area contributed by atoms with Crippen LogP contribution in [0.1, 0.15) is 15.9 Å². The summed E-state index contributed by atoms with van der Waals surface area (Å²) in [6, 6.07) is 10.8. The number of rotatable bonds is 3. The SMILES string of the molecule is CNC(=O)c1ccc(N)c(Nc2ccc(C)cc2Cl)c1. The number of carbonyl (C=O) groups is 1. The van der Waals surface area contributed by atoms with E-state index in [-0.39, 0.29) is 5.91 Å². The third-order valence-electron chi connectivity index (χ3n) is 2.94. The van der Waals surface area contributed by atoms with E-state index < -0.39 is 0 Å². The number of benzene rings is 2. The second-order valence-electron chi connectivity index (χ2n) is 4.49. The molecule has 0 unspecified atom stereocenters. The van der Waals surface area contributed by atoms with Crippen molar-refractivity contribution in [2.75, 3.05) is 18.1 Å². The summed E-state index contributed by atoms with van der Waals surface area (Å²) in [6.45, 7) is 1.97. The number of nitrogens with two attached hydrogens (primary N) is 1. The Morgan fingerprint density at radius 2 is 1.90 bits per heavy atom. The molecule has 104 valence electrons. The quantitative estimate of drug-likeness (QED) is 0.759. The summed E-state index contributed by atoms with van der Waals surface area (Å²) in [7, 11) is 1.59. The highest BCUT2D eigenvalue weighted by Crippen LogP contribution is 2.29. The fourth-order valence-corrected chi connectivity index (χ4v) is 2.10. The van der Waals surface area contributed by atoms with Crippen LogP contribution in [-0.2, 0) is 0 Å². The Bertz CT molecular complexity index is 656. The maximum absolute atomic E-state index is 11.6. The molecule has 0 heterocycles. The highest BCUT2D eigenvalue weighted by molar-refractivity contribution is 6.33. The number of nitrogens with one attached hydrogen (secondary N) is 2. The van der Waals surface area contributed by atoms with Gasteiger partial charge in [0.25, 0.3) is 5.91 Å². The Balaban J connectivity index is 2.35. The van der Waals surface area contributed by atoms with Gasteiger partial charge in [0, 0.05) is 12.6 Å². The van der Waals surface area contributed by atoms with Crippen LogP contribution in [0.25, 0.3) is 0 Å². The molecule has 5 heteroatoms. The molecule has 0 saturated carbocycles. The van der Waals surface area contributed by atoms with Crippen molar-refractivity contribution in [1.29, 1.82) is 0 Å². The molecular formula is C15H16ClN3O. The Morgan fingerprint density at radius 3 is 2.55 bits per heavy atom. The molecule has 0 fully saturated rings. The molecule has 0 aliphatic carbocycles. The maximum Gasteiger partial charge on any atom is 0.251 e. The van der Waals surface area contributed by atoms with Gasteiger partial charge in [-0.25, -0.2) is 0 Å². The second-order valence-corrected chi connectivity index (χ2v) is 4.90. The van der Waals surface area contributed by atoms with Crippen LogP contribution in [0.3, 0.4) is 0 Å². The third-order valence-corrected chi connectivity index (χ3v) is 3.25. The molecular weight excluding hydrogens is 274 g/mol. The third kappa shape index (κ3) is 3.03. The summed E-state index contributed by atoms with van der Waals surface area (Å²) in [5, 5.41) is 6.33. The number of amides is 1. The number of nitrogen functional groups attached to an aromatic ring is 1. The lowest BCUT2D eigenvalue weighted by Crippen LogP contribution is -2.18. The monoisotopic (exact) mass is 289 g/mol. The molecule has 0 bridgehead atoms. The Kier molecular flexibility index (Phi) is 4.15. The Hall–Kier alpha value is -2.20. The first kappa shape index (κ1) is 14.2. The van der Waals surface area contributed by atoms with Crippen LogP contribution < -0.4 is 16.4 Å². The van der Waals surface area contributed by atoms with Gasteiger partial charge in [0.15, 0.2) is 0 Å². The molecule has 4 N–H and O–H groups in total. The van der Waals surface area contributed by atoms with Gasteiger partial charge in [-0.05, 0) is 42.8 Å². The minimum Gasteiger partial charge on any atom is -0.397 e. The van der Waals surface area contributed by atoms with Crippen LogP contribution in [0.2, 0.25) is 5.02 Å². The van der Waals surface area contributed by atoms with E-state index in [1.807, 2.05) is 25.1 Å². The summed E-state index contributed by atoms with van der Waals surface area (Å²) in [6.07, 6.45) is 0. The van der Waals surface area contributed by atoms with Gasteiger partial charge in [0.05, 0.1) is 22.1 Å². The van der Waals surface area contributed by atoms with Crippen molar-refractivity contribution in [1.82, 2.24) is 5.32 Å². The number of anilines is 3. The number of carbonyl (C=O) groups excluding carboxylic acids is 1. The van der Waals surface area contributed by atoms with Crippen LogP contribution >= 0.6 is 11.6 Å². The number of aryl methyl sites for hydroxylation is 1. The zero-order valence-electron chi connectivity index (χ0n) is 11.3. The summed E-state index contributed by atoms with van der Waals surface area (Å²) in [5.74, 6) is -0.164. The predicted molar refractivity (Wildman–Crippen MR) is 83.7 cm³/mol. The van der Waals surface area contributed by atoms with E-state index in [2.05, 4.69) is 10.6 Å². The first-order valence-corrected chi connectivity index (χ1v) is 6.54. The average molecular weight is 290 g/mol. The van der Waals surface area contributed by atoms with Crippen molar-refractivity contribution in [3.63, 3.8) is 0 Å². The topological polar surface area (TPSA) is 67.2 Å². The smallest absolute Gasteiger partial charge is 0.251 e. The molecule has 4 nitrogen and oxygen atoms in total. The Labute approximate surface area is 122 Å². The molecule has 2 rings (SSSR count). The lowest BCUT2D eigenvalue weighted by atomic mass is 10.1. The molecule has 0 aromatic heterocycles.